The van der Waals surface area contributed by atoms with Gasteiger partial charge in [-0.15, -0.1) is 0 Å². The summed E-state index contributed by atoms with van der Waals surface area (Å²) >= 11 is 0. The lowest BCUT2D eigenvalue weighted by Crippen LogP contribution is -1.91. The van der Waals surface area contributed by atoms with Gasteiger partial charge in [-0.1, -0.05) is 556 Å². The van der Waals surface area contributed by atoms with Crippen LogP contribution in [-0.4, -0.2) is 24.9 Å². The summed E-state index contributed by atoms with van der Waals surface area (Å²) < 4.78 is 0. The van der Waals surface area contributed by atoms with Crippen molar-refractivity contribution < 1.29 is 0 Å². The predicted molar refractivity (Wildman–Crippen MR) is 684 cm³/mol. The average Bonchev–Trinajstić information content (AvgIpc) is 0.835. The summed E-state index contributed by atoms with van der Waals surface area (Å²) in [7, 11) is 0. The Balaban J connectivity index is -0.000000243. The molecule has 0 bridgehead atoms. The first-order valence-electron chi connectivity index (χ1n) is 59.3. The Hall–Kier alpha value is -11.3. The number of pyridine rings is 3. The van der Waals surface area contributed by atoms with E-state index in [2.05, 4.69) is 403 Å². The minimum Gasteiger partial charge on any atom is -0.261 e. The maximum atomic E-state index is 4.48. The fourth-order valence-electron chi connectivity index (χ4n) is 13.6. The van der Waals surface area contributed by atoms with Gasteiger partial charge in [-0.25, -0.2) is 9.97 Å². The third-order valence-electron chi connectivity index (χ3n) is 22.2. The Labute approximate surface area is 917 Å². The van der Waals surface area contributed by atoms with Crippen LogP contribution in [0, 0.1) is 0 Å². The third kappa shape index (κ3) is 61.6. The van der Waals surface area contributed by atoms with E-state index in [1.807, 2.05) is 239 Å². The van der Waals surface area contributed by atoms with Crippen molar-refractivity contribution in [2.24, 2.45) is 0 Å². The SMILES string of the molecule is CC.CC.CC.CC.CC.CC.CC.CC.CC.CC.CC.CC.CC.CC.CC.CCc1ccc(-c2ccc(CC)c(CC)c2)cc1.CCc1ccc(-c2ccc(CC)cc2)cc1.CCc1ccc(-c2ccc(CC)cn2)cc1.CCc1ccc(-c2ncc(CC)cn2)cc1.CCc1ccc(CC)cc1.CCc1ccc2cc(CC)ccc2c1.CCc1ccc2cc(CC)ncc2c1.CCc1cnc2cc(CC)ccc2c1. The van der Waals surface area contributed by atoms with E-state index in [0.29, 0.717) is 0 Å². The van der Waals surface area contributed by atoms with E-state index in [1.165, 1.54) is 149 Å². The lowest BCUT2D eigenvalue weighted by Gasteiger charge is -2.09. The van der Waals surface area contributed by atoms with Crippen molar-refractivity contribution in [2.45, 2.75) is 435 Å². The molecule has 11 aromatic carbocycles. The summed E-state index contributed by atoms with van der Waals surface area (Å²) in [5.41, 5.74) is 32.9. The highest BCUT2D eigenvalue weighted by molar-refractivity contribution is 5.84. The van der Waals surface area contributed by atoms with E-state index in [1.54, 1.807) is 0 Å². The first-order valence-corrected chi connectivity index (χ1v) is 59.3. The molecule has 0 spiro atoms. The minimum absolute atomic E-state index is 0.805. The van der Waals surface area contributed by atoms with Crippen molar-refractivity contribution in [2.75, 3.05) is 0 Å². The molecular weight excluding hydrogens is 1790 g/mol. The number of nitrogens with zero attached hydrogens (tertiary/aromatic N) is 5. The lowest BCUT2D eigenvalue weighted by molar-refractivity contribution is 1.04. The van der Waals surface area contributed by atoms with E-state index < -0.39 is 0 Å². The van der Waals surface area contributed by atoms with E-state index in [9.17, 15) is 0 Å². The Morgan fingerprint density at radius 1 is 0.135 bits per heavy atom. The molecule has 0 amide bonds. The van der Waals surface area contributed by atoms with Crippen LogP contribution in [0.5, 0.6) is 0 Å². The van der Waals surface area contributed by atoms with E-state index in [0.717, 1.165) is 132 Å². The second kappa shape index (κ2) is 107. The van der Waals surface area contributed by atoms with Gasteiger partial charge < -0.3 is 0 Å². The zero-order valence-electron chi connectivity index (χ0n) is 104. The number of fused-ring (bicyclic) bond motifs is 3. The Morgan fingerprint density at radius 3 is 0.682 bits per heavy atom. The number of benzene rings is 11. The van der Waals surface area contributed by atoms with Crippen molar-refractivity contribution >= 4 is 32.4 Å². The molecule has 0 radical (unpaired) electrons. The maximum absolute atomic E-state index is 4.48. The normalized spacial score (nSPS) is 8.97. The molecule has 4 aromatic heterocycles. The molecular formula is C143H223N5. The number of aryl methyl sites for hydroxylation is 17. The Kier molecular flexibility index (Phi) is 110. The van der Waals surface area contributed by atoms with Gasteiger partial charge >= 0.3 is 0 Å². The molecule has 4 heterocycles. The van der Waals surface area contributed by atoms with Crippen molar-refractivity contribution in [1.82, 2.24) is 24.9 Å². The van der Waals surface area contributed by atoms with Gasteiger partial charge in [-0.05, 0) is 267 Å². The highest BCUT2D eigenvalue weighted by Crippen LogP contribution is 2.28. The van der Waals surface area contributed by atoms with Gasteiger partial charge in [-0.3, -0.25) is 15.0 Å². The number of hydrogen-bond donors (Lipinski definition) is 0. The van der Waals surface area contributed by atoms with Crippen molar-refractivity contribution in [3.63, 3.8) is 0 Å². The smallest absolute Gasteiger partial charge is 0.159 e. The number of rotatable bonds is 21. The molecule has 15 aromatic rings. The first-order chi connectivity index (χ1) is 72.6. The van der Waals surface area contributed by atoms with E-state index in [4.69, 9.17) is 0 Å². The number of hydrogen-bond acceptors (Lipinski definition) is 5. The topological polar surface area (TPSA) is 64.5 Å². The molecule has 148 heavy (non-hydrogen) atoms. The van der Waals surface area contributed by atoms with Crippen LogP contribution in [0.3, 0.4) is 0 Å². The molecule has 0 N–H and O–H groups in total. The third-order valence-corrected chi connectivity index (χ3v) is 22.2. The minimum atomic E-state index is 0.805. The molecule has 820 valence electrons. The molecule has 0 saturated heterocycles. The molecule has 0 aliphatic rings. The van der Waals surface area contributed by atoms with E-state index in [-0.39, 0.29) is 0 Å². The Bertz CT molecular complexity index is 4660. The van der Waals surface area contributed by atoms with Crippen LogP contribution in [0.1, 0.15) is 420 Å². The van der Waals surface area contributed by atoms with Crippen molar-refractivity contribution in [3.05, 3.63) is 387 Å². The zero-order valence-corrected chi connectivity index (χ0v) is 104. The molecule has 0 unspecified atom stereocenters. The number of aromatic nitrogens is 5. The standard InChI is InChI=1S/C18H22.C16H18.C15H17N.C14H16N2.C14H16.2C13H15N.C10H14.15C2H6/c1-4-14-7-9-17(10-8-14)18-12-11-15(5-2)16(6-3)13-18;1-3-13-5-9-15(10-6-13)16-11-7-14(4-2)8-12-16;1-3-12-5-8-14(9-6-12)15-10-7-13(4-2)11-16-15;1-3-11-5-7-13(8-6-11)14-15-9-12(4-2)10-16-14;1-3-11-5-7-14-10-12(4-2)6-8-13(14)9-11;1-3-10-5-6-12-7-11(4-2)9-14-13(12)8-10;1-3-10-5-6-11-8-13(4-2)14-9-12(11)7-10;1-3-9-5-7-10(4-2)8-6-9;15*1-2/h7-13H,4-6H2,1-3H3;5-12H,3-4H2,1-2H3;5-11H,3-4H2,1-2H3;5-10H,3-4H2,1-2H3;5-10H,3-4H2,1-2H3;2*5-9H,3-4H2,1-2H3;5-8H,3-4H2,1-2H3;15*1-2H3. The van der Waals surface area contributed by atoms with Gasteiger partial charge in [0, 0.05) is 58.6 Å². The van der Waals surface area contributed by atoms with Crippen molar-refractivity contribution in [3.8, 4) is 44.9 Å². The fraction of sp³-hybridized carbons (Fsp3) is 0.448. The van der Waals surface area contributed by atoms with Crippen LogP contribution in [0.15, 0.2) is 292 Å². The second-order valence-electron chi connectivity index (χ2n) is 30.0. The van der Waals surface area contributed by atoms with Crippen LogP contribution in [0.4, 0.5) is 0 Å². The summed E-state index contributed by atoms with van der Waals surface area (Å²) in [6.45, 7) is 97.0. The summed E-state index contributed by atoms with van der Waals surface area (Å²) in [5, 5.41) is 6.53. The molecule has 15 rings (SSSR count). The maximum Gasteiger partial charge on any atom is 0.159 e. The van der Waals surface area contributed by atoms with Crippen LogP contribution < -0.4 is 0 Å². The van der Waals surface area contributed by atoms with Gasteiger partial charge in [0.2, 0.25) is 0 Å². The van der Waals surface area contributed by atoms with Gasteiger partial charge in [0.25, 0.3) is 0 Å². The highest BCUT2D eigenvalue weighted by atomic mass is 14.9. The predicted octanol–water partition coefficient (Wildman–Crippen LogP) is 45.5. The van der Waals surface area contributed by atoms with Gasteiger partial charge in [0.1, 0.15) is 0 Å². The van der Waals surface area contributed by atoms with E-state index >= 15 is 0 Å². The summed E-state index contributed by atoms with van der Waals surface area (Å²) in [5.74, 6) is 0.805. The first kappa shape index (κ1) is 152. The molecule has 5 nitrogen and oxygen atoms in total. The summed E-state index contributed by atoms with van der Waals surface area (Å²) in [6, 6.07) is 94.6. The van der Waals surface area contributed by atoms with Crippen molar-refractivity contribution in [1.29, 1.82) is 0 Å². The summed E-state index contributed by atoms with van der Waals surface area (Å²) in [4.78, 5) is 22.1. The van der Waals surface area contributed by atoms with Crippen LogP contribution in [0.2, 0.25) is 0 Å². The molecule has 0 aliphatic heterocycles. The quantitative estimate of drug-likeness (QED) is 0.0717. The van der Waals surface area contributed by atoms with Gasteiger partial charge in [0.05, 0.1) is 11.2 Å². The van der Waals surface area contributed by atoms with Crippen LogP contribution >= 0.6 is 0 Å². The fourth-order valence-corrected chi connectivity index (χ4v) is 13.6. The monoisotopic (exact) mass is 2010 g/mol. The molecule has 0 atom stereocenters. The largest absolute Gasteiger partial charge is 0.261 e. The van der Waals surface area contributed by atoms with Crippen LogP contribution in [0.25, 0.3) is 77.3 Å². The second-order valence-corrected chi connectivity index (χ2v) is 30.0. The molecule has 5 heteroatoms. The Morgan fingerprint density at radius 2 is 0.378 bits per heavy atom. The molecule has 0 fully saturated rings. The van der Waals surface area contributed by atoms with Gasteiger partial charge in [-0.2, -0.15) is 0 Å². The molecule has 0 saturated carbocycles. The van der Waals surface area contributed by atoms with Crippen LogP contribution in [-0.2, 0) is 109 Å². The summed E-state index contributed by atoms with van der Waals surface area (Å²) in [6.07, 6.45) is 28.2. The molecule has 0 aliphatic carbocycles. The lowest BCUT2D eigenvalue weighted by atomic mass is 9.96. The average molecular weight is 2010 g/mol. The zero-order chi connectivity index (χ0) is 114. The highest BCUT2D eigenvalue weighted by Gasteiger charge is 2.08. The van der Waals surface area contributed by atoms with Gasteiger partial charge in [0.15, 0.2) is 5.82 Å².